The van der Waals surface area contributed by atoms with E-state index in [1.165, 1.54) is 5.56 Å². The lowest BCUT2D eigenvalue weighted by atomic mass is 10.1. The normalized spacial score (nSPS) is 9.83. The van der Waals surface area contributed by atoms with Crippen molar-refractivity contribution in [3.05, 3.63) is 33.8 Å². The molecule has 0 aliphatic heterocycles. The van der Waals surface area contributed by atoms with Crippen LogP contribution in [0.15, 0.2) is 22.7 Å². The average molecular weight is 227 g/mol. The van der Waals surface area contributed by atoms with Gasteiger partial charge in [-0.3, -0.25) is 5.41 Å². The molecule has 1 aromatic carbocycles. The van der Waals surface area contributed by atoms with Gasteiger partial charge in [-0.15, -0.1) is 0 Å². The van der Waals surface area contributed by atoms with E-state index < -0.39 is 0 Å². The Kier molecular flexibility index (Phi) is 2.87. The molecule has 12 heavy (non-hydrogen) atoms. The van der Waals surface area contributed by atoms with E-state index >= 15 is 0 Å². The molecular formula is C9H11BrN2. The maximum absolute atomic E-state index is 7.14. The zero-order valence-electron chi connectivity index (χ0n) is 6.89. The minimum Gasteiger partial charge on any atom is -0.387 e. The fourth-order valence-electron chi connectivity index (χ4n) is 1.00. The van der Waals surface area contributed by atoms with Crippen molar-refractivity contribution in [2.24, 2.45) is 5.73 Å². The summed E-state index contributed by atoms with van der Waals surface area (Å²) in [4.78, 5) is 0. The van der Waals surface area contributed by atoms with Gasteiger partial charge in [-0.25, -0.2) is 0 Å². The van der Waals surface area contributed by atoms with E-state index in [1.54, 1.807) is 0 Å². The van der Waals surface area contributed by atoms with E-state index in [0.29, 0.717) is 6.42 Å². The van der Waals surface area contributed by atoms with Crippen molar-refractivity contribution < 1.29 is 0 Å². The van der Waals surface area contributed by atoms with Crippen molar-refractivity contribution in [1.29, 1.82) is 5.41 Å². The van der Waals surface area contributed by atoms with Crippen molar-refractivity contribution in [2.45, 2.75) is 13.3 Å². The lowest BCUT2D eigenvalue weighted by Crippen LogP contribution is -2.12. The van der Waals surface area contributed by atoms with Gasteiger partial charge in [0.05, 0.1) is 5.84 Å². The first-order valence-corrected chi connectivity index (χ1v) is 4.47. The Morgan fingerprint density at radius 3 is 2.75 bits per heavy atom. The summed E-state index contributed by atoms with van der Waals surface area (Å²) in [6, 6.07) is 6.03. The summed E-state index contributed by atoms with van der Waals surface area (Å²) in [5, 5.41) is 7.14. The molecule has 0 bridgehead atoms. The first kappa shape index (κ1) is 9.26. The lowest BCUT2D eigenvalue weighted by molar-refractivity contribution is 1.22. The summed E-state index contributed by atoms with van der Waals surface area (Å²) in [7, 11) is 0. The van der Waals surface area contributed by atoms with Crippen LogP contribution in [-0.4, -0.2) is 5.84 Å². The SMILES string of the molecule is Cc1ccc(CC(=N)N)c(Br)c1. The van der Waals surface area contributed by atoms with Crippen LogP contribution >= 0.6 is 15.9 Å². The maximum atomic E-state index is 7.14. The Morgan fingerprint density at radius 1 is 1.58 bits per heavy atom. The van der Waals surface area contributed by atoms with E-state index in [-0.39, 0.29) is 5.84 Å². The quantitative estimate of drug-likeness (QED) is 0.590. The molecular weight excluding hydrogens is 216 g/mol. The Balaban J connectivity index is 2.93. The predicted octanol–water partition coefficient (Wildman–Crippen LogP) is 2.24. The number of aryl methyl sites for hydroxylation is 1. The van der Waals surface area contributed by atoms with Crippen LogP contribution in [-0.2, 0) is 6.42 Å². The molecule has 0 fully saturated rings. The molecule has 0 saturated carbocycles. The summed E-state index contributed by atoms with van der Waals surface area (Å²) < 4.78 is 1.03. The third-order valence-corrected chi connectivity index (χ3v) is 2.33. The van der Waals surface area contributed by atoms with Crippen LogP contribution < -0.4 is 5.73 Å². The van der Waals surface area contributed by atoms with E-state index in [0.717, 1.165) is 10.0 Å². The largest absolute Gasteiger partial charge is 0.387 e. The van der Waals surface area contributed by atoms with Crippen LogP contribution in [0.2, 0.25) is 0 Å². The standard InChI is InChI=1S/C9H11BrN2/c1-6-2-3-7(5-9(11)12)8(10)4-6/h2-4H,5H2,1H3,(H3,11,12). The minimum absolute atomic E-state index is 0.194. The zero-order chi connectivity index (χ0) is 9.14. The van der Waals surface area contributed by atoms with Crippen molar-refractivity contribution in [2.75, 3.05) is 0 Å². The highest BCUT2D eigenvalue weighted by Gasteiger charge is 2.00. The maximum Gasteiger partial charge on any atom is 0.0950 e. The number of benzene rings is 1. The smallest absolute Gasteiger partial charge is 0.0950 e. The van der Waals surface area contributed by atoms with Gasteiger partial charge in [0.1, 0.15) is 0 Å². The molecule has 3 N–H and O–H groups in total. The molecule has 0 radical (unpaired) electrons. The van der Waals surface area contributed by atoms with Gasteiger partial charge >= 0.3 is 0 Å². The van der Waals surface area contributed by atoms with E-state index in [4.69, 9.17) is 11.1 Å². The Hall–Kier alpha value is -0.830. The Morgan fingerprint density at radius 2 is 2.25 bits per heavy atom. The number of nitrogens with two attached hydrogens (primary N) is 1. The van der Waals surface area contributed by atoms with Crippen molar-refractivity contribution in [3.63, 3.8) is 0 Å². The molecule has 0 aliphatic carbocycles. The summed E-state index contributed by atoms with van der Waals surface area (Å²) in [5.74, 6) is 0.194. The fourth-order valence-corrected chi connectivity index (χ4v) is 1.63. The number of hydrogen-bond donors (Lipinski definition) is 2. The van der Waals surface area contributed by atoms with E-state index in [1.807, 2.05) is 25.1 Å². The predicted molar refractivity (Wildman–Crippen MR) is 54.5 cm³/mol. The van der Waals surface area contributed by atoms with E-state index in [9.17, 15) is 0 Å². The molecule has 0 aromatic heterocycles. The zero-order valence-corrected chi connectivity index (χ0v) is 8.48. The van der Waals surface area contributed by atoms with Crippen molar-refractivity contribution in [1.82, 2.24) is 0 Å². The number of hydrogen-bond acceptors (Lipinski definition) is 1. The van der Waals surface area contributed by atoms with Gasteiger partial charge in [0.2, 0.25) is 0 Å². The molecule has 0 unspecified atom stereocenters. The van der Waals surface area contributed by atoms with Crippen LogP contribution in [0.5, 0.6) is 0 Å². The number of rotatable bonds is 2. The van der Waals surface area contributed by atoms with Gasteiger partial charge in [-0.05, 0) is 24.1 Å². The van der Waals surface area contributed by atoms with Crippen LogP contribution in [0.25, 0.3) is 0 Å². The molecule has 0 heterocycles. The van der Waals surface area contributed by atoms with Gasteiger partial charge in [-0.2, -0.15) is 0 Å². The Bertz CT molecular complexity index is 307. The third kappa shape index (κ3) is 2.34. The van der Waals surface area contributed by atoms with Gasteiger partial charge in [0.15, 0.2) is 0 Å². The first-order valence-electron chi connectivity index (χ1n) is 3.67. The summed E-state index contributed by atoms with van der Waals surface area (Å²) >= 11 is 3.42. The molecule has 64 valence electrons. The number of amidine groups is 1. The molecule has 1 aromatic rings. The molecule has 0 aliphatic rings. The molecule has 1 rings (SSSR count). The van der Waals surface area contributed by atoms with E-state index in [2.05, 4.69) is 15.9 Å². The van der Waals surface area contributed by atoms with Crippen LogP contribution in [0.1, 0.15) is 11.1 Å². The summed E-state index contributed by atoms with van der Waals surface area (Å²) in [6.45, 7) is 2.03. The van der Waals surface area contributed by atoms with Crippen molar-refractivity contribution >= 4 is 21.8 Å². The van der Waals surface area contributed by atoms with Gasteiger partial charge in [0, 0.05) is 10.9 Å². The second-order valence-electron chi connectivity index (χ2n) is 2.80. The lowest BCUT2D eigenvalue weighted by Gasteiger charge is -2.03. The van der Waals surface area contributed by atoms with Crippen LogP contribution in [0.3, 0.4) is 0 Å². The second kappa shape index (κ2) is 3.72. The number of halogens is 1. The topological polar surface area (TPSA) is 49.9 Å². The summed E-state index contributed by atoms with van der Waals surface area (Å²) in [6.07, 6.45) is 0.515. The highest BCUT2D eigenvalue weighted by atomic mass is 79.9. The third-order valence-electron chi connectivity index (χ3n) is 1.59. The molecule has 0 atom stereocenters. The second-order valence-corrected chi connectivity index (χ2v) is 3.65. The van der Waals surface area contributed by atoms with Gasteiger partial charge in [-0.1, -0.05) is 28.1 Å². The van der Waals surface area contributed by atoms with Crippen LogP contribution in [0.4, 0.5) is 0 Å². The molecule has 0 amide bonds. The Labute approximate surface area is 80.4 Å². The van der Waals surface area contributed by atoms with Gasteiger partial charge < -0.3 is 5.73 Å². The highest BCUT2D eigenvalue weighted by Crippen LogP contribution is 2.18. The summed E-state index contributed by atoms with van der Waals surface area (Å²) in [5.41, 5.74) is 7.56. The van der Waals surface area contributed by atoms with Crippen LogP contribution in [0, 0.1) is 12.3 Å². The number of nitrogens with one attached hydrogen (secondary N) is 1. The minimum atomic E-state index is 0.194. The monoisotopic (exact) mass is 226 g/mol. The average Bonchev–Trinajstić information content (AvgIpc) is 1.94. The molecule has 3 heteroatoms. The molecule has 0 saturated heterocycles. The van der Waals surface area contributed by atoms with Gasteiger partial charge in [0.25, 0.3) is 0 Å². The highest BCUT2D eigenvalue weighted by molar-refractivity contribution is 9.10. The van der Waals surface area contributed by atoms with Crippen molar-refractivity contribution in [3.8, 4) is 0 Å². The fraction of sp³-hybridized carbons (Fsp3) is 0.222. The molecule has 0 spiro atoms. The molecule has 2 nitrogen and oxygen atoms in total. The first-order chi connectivity index (χ1) is 5.59.